The second-order valence-electron chi connectivity index (χ2n) is 2.65. The van der Waals surface area contributed by atoms with Crippen molar-refractivity contribution in [3.8, 4) is 0 Å². The summed E-state index contributed by atoms with van der Waals surface area (Å²) in [6.45, 7) is 3.16. The average Bonchev–Trinajstić information content (AvgIpc) is 2.17. The number of alkyl halides is 1. The van der Waals surface area contributed by atoms with E-state index in [1.165, 1.54) is 14.0 Å². The molecule has 0 saturated carbocycles. The van der Waals surface area contributed by atoms with Crippen molar-refractivity contribution in [3.63, 3.8) is 0 Å². The van der Waals surface area contributed by atoms with Gasteiger partial charge in [-0.25, -0.2) is 9.18 Å². The molecule has 90 valence electrons. The van der Waals surface area contributed by atoms with Gasteiger partial charge in [0.15, 0.2) is 0 Å². The molecule has 0 aromatic rings. The van der Waals surface area contributed by atoms with Gasteiger partial charge in [-0.1, -0.05) is 0 Å². The van der Waals surface area contributed by atoms with E-state index in [4.69, 9.17) is 4.52 Å². The molecule has 2 unspecified atom stereocenters. The Kier molecular flexibility index (Phi) is 6.72. The molecule has 0 aliphatic carbocycles. The Labute approximate surface area is 88.3 Å². The third kappa shape index (κ3) is 4.28. The van der Waals surface area contributed by atoms with Gasteiger partial charge < -0.3 is 14.0 Å². The molecule has 0 aliphatic heterocycles. The Balaban J connectivity index is 4.60. The molecule has 0 radical (unpaired) electrons. The van der Waals surface area contributed by atoms with Crippen molar-refractivity contribution in [2.45, 2.75) is 19.8 Å². The lowest BCUT2D eigenvalue weighted by Crippen LogP contribution is -2.22. The second kappa shape index (κ2) is 6.93. The first-order valence-electron chi connectivity index (χ1n) is 4.54. The number of methoxy groups -OCH3 is 1. The first kappa shape index (κ1) is 14.6. The lowest BCUT2D eigenvalue weighted by Gasteiger charge is -2.19. The van der Waals surface area contributed by atoms with Crippen molar-refractivity contribution < 1.29 is 27.7 Å². The molecule has 0 rings (SSSR count). The minimum atomic E-state index is -3.76. The summed E-state index contributed by atoms with van der Waals surface area (Å²) in [6, 6.07) is 0. The number of esters is 1. The van der Waals surface area contributed by atoms with E-state index in [1.54, 1.807) is 6.92 Å². The molecule has 0 heterocycles. The van der Waals surface area contributed by atoms with Crippen LogP contribution in [0.5, 0.6) is 0 Å². The van der Waals surface area contributed by atoms with Gasteiger partial charge in [-0.3, -0.25) is 4.57 Å². The lowest BCUT2D eigenvalue weighted by atomic mass is 10.7. The lowest BCUT2D eigenvalue weighted by molar-refractivity contribution is -0.146. The van der Waals surface area contributed by atoms with Crippen LogP contribution in [-0.4, -0.2) is 38.6 Å². The summed E-state index contributed by atoms with van der Waals surface area (Å²) in [5.74, 6) is -3.45. The molecule has 0 aliphatic rings. The zero-order chi connectivity index (χ0) is 11.9. The molecule has 5 nitrogen and oxygen atoms in total. The van der Waals surface area contributed by atoms with Crippen LogP contribution in [0, 0.1) is 0 Å². The van der Waals surface area contributed by atoms with Crippen molar-refractivity contribution in [3.05, 3.63) is 0 Å². The Morgan fingerprint density at radius 1 is 1.40 bits per heavy atom. The van der Waals surface area contributed by atoms with Gasteiger partial charge in [0.25, 0.3) is 13.3 Å². The molecule has 0 spiro atoms. The maximum Gasteiger partial charge on any atom is 0.351 e. The maximum absolute atomic E-state index is 13.5. The maximum atomic E-state index is 13.5. The third-order valence-corrected chi connectivity index (χ3v) is 3.70. The fourth-order valence-corrected chi connectivity index (χ4v) is 2.47. The highest BCUT2D eigenvalue weighted by Crippen LogP contribution is 2.52. The number of carbonyl (C=O) groups is 1. The number of ether oxygens (including phenoxy) is 2. The Morgan fingerprint density at radius 3 is 2.40 bits per heavy atom. The molecule has 15 heavy (non-hydrogen) atoms. The minimum absolute atomic E-state index is 0.0262. The first-order valence-corrected chi connectivity index (χ1v) is 6.42. The Bertz CT molecular complexity index is 235. The van der Waals surface area contributed by atoms with Crippen molar-refractivity contribution in [1.82, 2.24) is 0 Å². The summed E-state index contributed by atoms with van der Waals surface area (Å²) in [5, 5.41) is 0. The molecular weight excluding hydrogens is 226 g/mol. The molecular formula is C8H16FO5P. The topological polar surface area (TPSA) is 61.8 Å². The van der Waals surface area contributed by atoms with Gasteiger partial charge in [-0.05, 0) is 13.8 Å². The molecule has 0 fully saturated rings. The van der Waals surface area contributed by atoms with Gasteiger partial charge in [0, 0.05) is 7.11 Å². The zero-order valence-electron chi connectivity index (χ0n) is 9.07. The predicted octanol–water partition coefficient (Wildman–Crippen LogP) is 1.76. The predicted molar refractivity (Wildman–Crippen MR) is 52.6 cm³/mol. The van der Waals surface area contributed by atoms with Crippen LogP contribution in [0.25, 0.3) is 0 Å². The monoisotopic (exact) mass is 242 g/mol. The number of carbonyl (C=O) groups excluding carboxylic acids is 1. The summed E-state index contributed by atoms with van der Waals surface area (Å²) < 4.78 is 39.0. The van der Waals surface area contributed by atoms with Crippen LogP contribution in [0.15, 0.2) is 0 Å². The normalized spacial score (nSPS) is 16.8. The average molecular weight is 242 g/mol. The van der Waals surface area contributed by atoms with Gasteiger partial charge >= 0.3 is 5.97 Å². The van der Waals surface area contributed by atoms with Crippen LogP contribution in [0.1, 0.15) is 13.8 Å². The van der Waals surface area contributed by atoms with E-state index >= 15 is 0 Å². The molecule has 7 heteroatoms. The van der Waals surface area contributed by atoms with E-state index in [-0.39, 0.29) is 13.2 Å². The van der Waals surface area contributed by atoms with E-state index in [9.17, 15) is 13.8 Å². The van der Waals surface area contributed by atoms with E-state index < -0.39 is 25.6 Å². The van der Waals surface area contributed by atoms with Gasteiger partial charge in [-0.2, -0.15) is 0 Å². The number of halogens is 1. The number of rotatable bonds is 7. The van der Waals surface area contributed by atoms with Gasteiger partial charge in [0.1, 0.15) is 6.35 Å². The van der Waals surface area contributed by atoms with E-state index in [1.807, 2.05) is 0 Å². The largest absolute Gasteiger partial charge is 0.463 e. The number of hydrogen-bond acceptors (Lipinski definition) is 5. The van der Waals surface area contributed by atoms with Crippen LogP contribution in [0.2, 0.25) is 0 Å². The highest BCUT2D eigenvalue weighted by atomic mass is 31.2. The zero-order valence-corrected chi connectivity index (χ0v) is 9.96. The molecule has 0 aromatic heterocycles. The van der Waals surface area contributed by atoms with Crippen LogP contribution in [-0.2, 0) is 23.4 Å². The van der Waals surface area contributed by atoms with E-state index in [0.717, 1.165) is 0 Å². The van der Waals surface area contributed by atoms with E-state index in [0.29, 0.717) is 0 Å². The molecule has 0 amide bonds. The SMILES string of the molecule is CCOC(=O)C(F)P(=O)(COC)OCC. The minimum Gasteiger partial charge on any atom is -0.463 e. The number of hydrogen-bond donors (Lipinski definition) is 0. The highest BCUT2D eigenvalue weighted by Gasteiger charge is 2.41. The summed E-state index contributed by atoms with van der Waals surface area (Å²) in [5.41, 5.74) is 0. The molecule has 0 saturated heterocycles. The van der Waals surface area contributed by atoms with Crippen LogP contribution < -0.4 is 0 Å². The van der Waals surface area contributed by atoms with Gasteiger partial charge in [-0.15, -0.1) is 0 Å². The fraction of sp³-hybridized carbons (Fsp3) is 0.875. The van der Waals surface area contributed by atoms with Crippen LogP contribution in [0.3, 0.4) is 0 Å². The summed E-state index contributed by atoms with van der Waals surface area (Å²) in [4.78, 5) is 11.0. The molecule has 2 atom stereocenters. The summed E-state index contributed by atoms with van der Waals surface area (Å²) in [7, 11) is -2.51. The Hall–Kier alpha value is -0.450. The Morgan fingerprint density at radius 2 is 2.00 bits per heavy atom. The van der Waals surface area contributed by atoms with Crippen molar-refractivity contribution in [2.24, 2.45) is 0 Å². The molecule has 0 aromatic carbocycles. The van der Waals surface area contributed by atoms with Gasteiger partial charge in [0.2, 0.25) is 0 Å². The quantitative estimate of drug-likeness (QED) is 0.503. The molecule has 0 N–H and O–H groups in total. The van der Waals surface area contributed by atoms with E-state index in [2.05, 4.69) is 9.47 Å². The first-order chi connectivity index (χ1) is 7.01. The van der Waals surface area contributed by atoms with Crippen molar-refractivity contribution in [1.29, 1.82) is 0 Å². The van der Waals surface area contributed by atoms with Crippen molar-refractivity contribution >= 4 is 13.3 Å². The van der Waals surface area contributed by atoms with Crippen LogP contribution in [0.4, 0.5) is 4.39 Å². The standard InChI is InChI=1S/C8H16FO5P/c1-4-13-8(10)7(9)15(11,6-12-3)14-5-2/h7H,4-6H2,1-3H3. The highest BCUT2D eigenvalue weighted by molar-refractivity contribution is 7.60. The third-order valence-electron chi connectivity index (χ3n) is 1.48. The molecule has 0 bridgehead atoms. The smallest absolute Gasteiger partial charge is 0.351 e. The van der Waals surface area contributed by atoms with Crippen molar-refractivity contribution in [2.75, 3.05) is 26.7 Å². The van der Waals surface area contributed by atoms with Crippen LogP contribution >= 0.6 is 7.37 Å². The summed E-state index contributed by atoms with van der Waals surface area (Å²) >= 11 is 0. The fourth-order valence-electron chi connectivity index (χ4n) is 0.938. The van der Waals surface area contributed by atoms with Gasteiger partial charge in [0.05, 0.1) is 13.2 Å². The summed E-state index contributed by atoms with van der Waals surface area (Å²) in [6.07, 6.45) is -0.444. The second-order valence-corrected chi connectivity index (χ2v) is 5.07.